The monoisotopic (exact) mass is 170 g/mol. The van der Waals surface area contributed by atoms with Crippen LogP contribution in [-0.2, 0) is 9.53 Å². The van der Waals surface area contributed by atoms with Gasteiger partial charge in [0.1, 0.15) is 0 Å². The van der Waals surface area contributed by atoms with Crippen molar-refractivity contribution in [3.63, 3.8) is 0 Å². The summed E-state index contributed by atoms with van der Waals surface area (Å²) in [5.74, 6) is -0.195. The molecule has 0 N–H and O–H groups in total. The Labute approximate surface area is 74.6 Å². The average Bonchev–Trinajstić information content (AvgIpc) is 1.84. The Bertz CT molecular complexity index is 167. The zero-order valence-corrected chi connectivity index (χ0v) is 8.39. The molecule has 70 valence electrons. The summed E-state index contributed by atoms with van der Waals surface area (Å²) in [7, 11) is 0. The minimum absolute atomic E-state index is 0.0399. The quantitative estimate of drug-likeness (QED) is 0.479. The summed E-state index contributed by atoms with van der Waals surface area (Å²) >= 11 is 0. The van der Waals surface area contributed by atoms with Crippen LogP contribution in [0.5, 0.6) is 0 Å². The van der Waals surface area contributed by atoms with Gasteiger partial charge >= 0.3 is 5.97 Å². The van der Waals surface area contributed by atoms with Crippen LogP contribution in [0.15, 0.2) is 11.6 Å². The van der Waals surface area contributed by atoms with Crippen LogP contribution >= 0.6 is 0 Å². The van der Waals surface area contributed by atoms with Crippen molar-refractivity contribution in [3.8, 4) is 0 Å². The molecule has 0 heterocycles. The van der Waals surface area contributed by atoms with Gasteiger partial charge in [0, 0.05) is 6.92 Å². The molecular weight excluding hydrogens is 152 g/mol. The van der Waals surface area contributed by atoms with Gasteiger partial charge < -0.3 is 4.74 Å². The van der Waals surface area contributed by atoms with E-state index in [2.05, 4.69) is 19.9 Å². The Morgan fingerprint density at radius 3 is 2.42 bits per heavy atom. The van der Waals surface area contributed by atoms with E-state index in [-0.39, 0.29) is 12.1 Å². The minimum atomic E-state index is -0.195. The van der Waals surface area contributed by atoms with Gasteiger partial charge in [-0.25, -0.2) is 0 Å². The molecule has 12 heavy (non-hydrogen) atoms. The molecule has 1 atom stereocenters. The fourth-order valence-corrected chi connectivity index (χ4v) is 0.949. The second-order valence-corrected chi connectivity index (χ2v) is 3.28. The number of carbonyl (C=O) groups excluding carboxylic acids is 1. The Morgan fingerprint density at radius 2 is 2.00 bits per heavy atom. The van der Waals surface area contributed by atoms with Crippen LogP contribution in [0.2, 0.25) is 0 Å². The van der Waals surface area contributed by atoms with Crippen molar-refractivity contribution in [3.05, 3.63) is 11.6 Å². The highest BCUT2D eigenvalue weighted by Crippen LogP contribution is 2.04. The van der Waals surface area contributed by atoms with E-state index in [4.69, 9.17) is 4.74 Å². The lowest BCUT2D eigenvalue weighted by Crippen LogP contribution is -2.11. The van der Waals surface area contributed by atoms with Crippen molar-refractivity contribution >= 4 is 5.97 Å². The van der Waals surface area contributed by atoms with Crippen molar-refractivity contribution in [1.29, 1.82) is 0 Å². The van der Waals surface area contributed by atoms with Gasteiger partial charge in [-0.05, 0) is 33.6 Å². The lowest BCUT2D eigenvalue weighted by atomic mass is 10.2. The smallest absolute Gasteiger partial charge is 0.302 e. The number of esters is 1. The summed E-state index contributed by atoms with van der Waals surface area (Å²) in [6, 6.07) is 0. The normalized spacial score (nSPS) is 12.0. The molecule has 1 unspecified atom stereocenters. The van der Waals surface area contributed by atoms with Gasteiger partial charge in [0.2, 0.25) is 0 Å². The minimum Gasteiger partial charge on any atom is -0.463 e. The molecule has 0 aromatic heterocycles. The van der Waals surface area contributed by atoms with E-state index < -0.39 is 0 Å². The predicted octanol–water partition coefficient (Wildman–Crippen LogP) is 2.68. The first-order chi connectivity index (χ1) is 5.52. The van der Waals surface area contributed by atoms with E-state index in [9.17, 15) is 4.79 Å². The first-order valence-electron chi connectivity index (χ1n) is 4.33. The molecule has 0 bridgehead atoms. The summed E-state index contributed by atoms with van der Waals surface area (Å²) in [6.07, 6.45) is 4.08. The largest absolute Gasteiger partial charge is 0.463 e. The molecule has 0 saturated heterocycles. The molecular formula is C10H18O2. The molecule has 0 spiro atoms. The maximum Gasteiger partial charge on any atom is 0.302 e. The summed E-state index contributed by atoms with van der Waals surface area (Å²) in [5.41, 5.74) is 1.31. The highest BCUT2D eigenvalue weighted by Gasteiger charge is 2.02. The molecule has 0 aliphatic rings. The highest BCUT2D eigenvalue weighted by molar-refractivity contribution is 5.66. The highest BCUT2D eigenvalue weighted by atomic mass is 16.5. The van der Waals surface area contributed by atoms with E-state index in [0.29, 0.717) is 0 Å². The SMILES string of the molecule is CC(=O)OC(C)CCC=C(C)C. The van der Waals surface area contributed by atoms with Crippen LogP contribution < -0.4 is 0 Å². The van der Waals surface area contributed by atoms with Crippen LogP contribution in [0.1, 0.15) is 40.5 Å². The Morgan fingerprint density at radius 1 is 1.42 bits per heavy atom. The standard InChI is InChI=1S/C10H18O2/c1-8(2)6-5-7-9(3)12-10(4)11/h6,9H,5,7H2,1-4H3. The molecule has 0 saturated carbocycles. The molecule has 0 radical (unpaired) electrons. The molecule has 0 aromatic rings. The second-order valence-electron chi connectivity index (χ2n) is 3.28. The average molecular weight is 170 g/mol. The number of ether oxygens (including phenoxy) is 1. The molecule has 0 aliphatic carbocycles. The van der Waals surface area contributed by atoms with Crippen LogP contribution in [0.3, 0.4) is 0 Å². The van der Waals surface area contributed by atoms with E-state index in [1.54, 1.807) is 0 Å². The van der Waals surface area contributed by atoms with Crippen molar-refractivity contribution in [1.82, 2.24) is 0 Å². The van der Waals surface area contributed by atoms with Gasteiger partial charge in [-0.2, -0.15) is 0 Å². The first kappa shape index (κ1) is 11.2. The van der Waals surface area contributed by atoms with Crippen molar-refractivity contribution in [2.75, 3.05) is 0 Å². The number of hydrogen-bond donors (Lipinski definition) is 0. The topological polar surface area (TPSA) is 26.3 Å². The van der Waals surface area contributed by atoms with Crippen molar-refractivity contribution in [2.24, 2.45) is 0 Å². The zero-order valence-electron chi connectivity index (χ0n) is 8.39. The van der Waals surface area contributed by atoms with E-state index in [1.165, 1.54) is 12.5 Å². The number of carbonyl (C=O) groups is 1. The predicted molar refractivity (Wildman–Crippen MR) is 49.9 cm³/mol. The number of hydrogen-bond acceptors (Lipinski definition) is 2. The van der Waals surface area contributed by atoms with Gasteiger partial charge in [-0.1, -0.05) is 11.6 Å². The van der Waals surface area contributed by atoms with E-state index in [0.717, 1.165) is 12.8 Å². The molecule has 2 nitrogen and oxygen atoms in total. The maximum atomic E-state index is 10.5. The fourth-order valence-electron chi connectivity index (χ4n) is 0.949. The molecule has 0 fully saturated rings. The van der Waals surface area contributed by atoms with Crippen LogP contribution in [0.25, 0.3) is 0 Å². The Balaban J connectivity index is 3.50. The van der Waals surface area contributed by atoms with E-state index >= 15 is 0 Å². The number of allylic oxidation sites excluding steroid dienone is 2. The van der Waals surface area contributed by atoms with Gasteiger partial charge in [-0.3, -0.25) is 4.79 Å². The molecule has 2 heteroatoms. The third kappa shape index (κ3) is 7.32. The second kappa shape index (κ2) is 5.81. The third-order valence-corrected chi connectivity index (χ3v) is 1.49. The van der Waals surface area contributed by atoms with Crippen LogP contribution in [-0.4, -0.2) is 12.1 Å². The lowest BCUT2D eigenvalue weighted by molar-refractivity contribution is -0.145. The molecule has 0 amide bonds. The maximum absolute atomic E-state index is 10.5. The molecule has 0 rings (SSSR count). The van der Waals surface area contributed by atoms with Crippen LogP contribution in [0, 0.1) is 0 Å². The van der Waals surface area contributed by atoms with Crippen LogP contribution in [0.4, 0.5) is 0 Å². The summed E-state index contributed by atoms with van der Waals surface area (Å²) in [5, 5.41) is 0. The van der Waals surface area contributed by atoms with Gasteiger partial charge in [0.15, 0.2) is 0 Å². The third-order valence-electron chi connectivity index (χ3n) is 1.49. The van der Waals surface area contributed by atoms with Gasteiger partial charge in [-0.15, -0.1) is 0 Å². The van der Waals surface area contributed by atoms with Crippen molar-refractivity contribution < 1.29 is 9.53 Å². The van der Waals surface area contributed by atoms with Gasteiger partial charge in [0.25, 0.3) is 0 Å². The molecule has 0 aromatic carbocycles. The van der Waals surface area contributed by atoms with E-state index in [1.807, 2.05) is 6.92 Å². The Hall–Kier alpha value is -0.790. The summed E-state index contributed by atoms with van der Waals surface area (Å²) in [6.45, 7) is 7.49. The number of rotatable bonds is 4. The first-order valence-corrected chi connectivity index (χ1v) is 4.33. The molecule has 0 aliphatic heterocycles. The zero-order chi connectivity index (χ0) is 9.56. The van der Waals surface area contributed by atoms with Crippen molar-refractivity contribution in [2.45, 2.75) is 46.6 Å². The summed E-state index contributed by atoms with van der Waals surface area (Å²) in [4.78, 5) is 10.5. The Kier molecular flexibility index (Phi) is 5.43. The fraction of sp³-hybridized carbons (Fsp3) is 0.700. The van der Waals surface area contributed by atoms with Gasteiger partial charge in [0.05, 0.1) is 6.10 Å². The summed E-state index contributed by atoms with van der Waals surface area (Å²) < 4.78 is 4.96. The lowest BCUT2D eigenvalue weighted by Gasteiger charge is -2.09.